The normalized spacial score (nSPS) is 11.4. The van der Waals surface area contributed by atoms with Gasteiger partial charge >= 0.3 is 0 Å². The Morgan fingerprint density at radius 1 is 0.700 bits per heavy atom. The number of phenolic OH excluding ortho intramolecular Hbond substituents is 2. The monoisotopic (exact) mass is 397 g/mol. The summed E-state index contributed by atoms with van der Waals surface area (Å²) in [5.74, 6) is 0.467. The summed E-state index contributed by atoms with van der Waals surface area (Å²) in [4.78, 5) is 4.89. The highest BCUT2D eigenvalue weighted by molar-refractivity contribution is 5.67. The van der Waals surface area contributed by atoms with Crippen LogP contribution in [0, 0.1) is 0 Å². The van der Waals surface area contributed by atoms with Gasteiger partial charge in [-0.3, -0.25) is 4.98 Å². The summed E-state index contributed by atoms with van der Waals surface area (Å²) in [6, 6.07) is 26.6. The zero-order chi connectivity index (χ0) is 21.3. The summed E-state index contributed by atoms with van der Waals surface area (Å²) >= 11 is 0. The maximum Gasteiger partial charge on any atom is 0.216 e. The highest BCUT2D eigenvalue weighted by atomic mass is 16.3. The van der Waals surface area contributed by atoms with E-state index in [0.29, 0.717) is 5.56 Å². The van der Waals surface area contributed by atoms with Crippen LogP contribution in [0.5, 0.6) is 11.5 Å². The first-order valence-electron chi connectivity index (χ1n) is 9.93. The molecule has 0 aliphatic carbocycles. The van der Waals surface area contributed by atoms with Gasteiger partial charge in [0.15, 0.2) is 5.69 Å². The first kappa shape index (κ1) is 19.6. The molecule has 150 valence electrons. The van der Waals surface area contributed by atoms with Crippen molar-refractivity contribution in [3.63, 3.8) is 0 Å². The van der Waals surface area contributed by atoms with E-state index >= 15 is 0 Å². The molecule has 4 heteroatoms. The zero-order valence-corrected chi connectivity index (χ0v) is 17.4. The molecule has 0 spiro atoms. The van der Waals surface area contributed by atoms with E-state index in [9.17, 15) is 10.2 Å². The molecule has 2 aromatic carbocycles. The number of pyridine rings is 2. The van der Waals surface area contributed by atoms with E-state index in [1.807, 2.05) is 67.7 Å². The van der Waals surface area contributed by atoms with Crippen molar-refractivity contribution < 1.29 is 14.8 Å². The van der Waals surface area contributed by atoms with Crippen molar-refractivity contribution in [3.05, 3.63) is 96.3 Å². The van der Waals surface area contributed by atoms with E-state index < -0.39 is 5.41 Å². The SMILES string of the molecule is C[n+]1c(-c2ccccc2O)cccc1C(C)(C)c1cccc(-c2ccccc2O)n1. The molecule has 0 aliphatic heterocycles. The van der Waals surface area contributed by atoms with Gasteiger partial charge in [0.1, 0.15) is 18.5 Å². The van der Waals surface area contributed by atoms with Crippen molar-refractivity contribution in [2.75, 3.05) is 0 Å². The summed E-state index contributed by atoms with van der Waals surface area (Å²) in [7, 11) is 2.01. The molecule has 0 aliphatic rings. The summed E-state index contributed by atoms with van der Waals surface area (Å²) in [5.41, 5.74) is 4.71. The second-order valence-electron chi connectivity index (χ2n) is 7.92. The number of phenols is 2. The second-order valence-corrected chi connectivity index (χ2v) is 7.92. The van der Waals surface area contributed by atoms with E-state index in [1.54, 1.807) is 18.2 Å². The van der Waals surface area contributed by atoms with Crippen LogP contribution < -0.4 is 4.57 Å². The Hall–Kier alpha value is -3.66. The molecule has 4 aromatic rings. The second kappa shape index (κ2) is 7.64. The first-order chi connectivity index (χ1) is 14.4. The molecule has 0 bridgehead atoms. The molecular weight excluding hydrogens is 372 g/mol. The van der Waals surface area contributed by atoms with Crippen LogP contribution in [0.2, 0.25) is 0 Å². The lowest BCUT2D eigenvalue weighted by Crippen LogP contribution is -2.43. The van der Waals surface area contributed by atoms with Crippen molar-refractivity contribution in [2.24, 2.45) is 7.05 Å². The lowest BCUT2D eigenvalue weighted by atomic mass is 9.83. The molecule has 2 heterocycles. The van der Waals surface area contributed by atoms with Gasteiger partial charge in [-0.15, -0.1) is 0 Å². The number of aromatic nitrogens is 2. The molecule has 4 rings (SSSR count). The fourth-order valence-corrected chi connectivity index (χ4v) is 3.93. The van der Waals surface area contributed by atoms with Gasteiger partial charge in [0.25, 0.3) is 0 Å². The number of aromatic hydroxyl groups is 2. The van der Waals surface area contributed by atoms with Crippen LogP contribution in [0.3, 0.4) is 0 Å². The third kappa shape index (κ3) is 3.41. The van der Waals surface area contributed by atoms with Crippen LogP contribution in [0.1, 0.15) is 25.2 Å². The number of benzene rings is 2. The van der Waals surface area contributed by atoms with Crippen LogP contribution in [-0.4, -0.2) is 15.2 Å². The Labute approximate surface area is 176 Å². The van der Waals surface area contributed by atoms with E-state index in [-0.39, 0.29) is 11.5 Å². The minimum atomic E-state index is -0.407. The van der Waals surface area contributed by atoms with E-state index in [2.05, 4.69) is 24.5 Å². The summed E-state index contributed by atoms with van der Waals surface area (Å²) in [6.07, 6.45) is 0. The van der Waals surface area contributed by atoms with Gasteiger partial charge in [-0.2, -0.15) is 4.57 Å². The van der Waals surface area contributed by atoms with Gasteiger partial charge < -0.3 is 10.2 Å². The standard InChI is InChI=1S/C26H24N2O2/c1-26(2,24-16-8-12-20(27-24)18-10-4-6-14-22(18)29)25-17-9-13-21(28(25)3)19-11-5-7-15-23(19)30/h4-17H,1-3H3,(H,27,29)/p+1. The summed E-state index contributed by atoms with van der Waals surface area (Å²) in [6.45, 7) is 4.27. The number of hydrogen-bond donors (Lipinski definition) is 2. The maximum atomic E-state index is 10.3. The van der Waals surface area contributed by atoms with Crippen molar-refractivity contribution in [1.82, 2.24) is 4.98 Å². The van der Waals surface area contributed by atoms with E-state index in [0.717, 1.165) is 28.3 Å². The molecule has 0 amide bonds. The van der Waals surface area contributed by atoms with Gasteiger partial charge in [-0.05, 0) is 56.3 Å². The van der Waals surface area contributed by atoms with Crippen molar-refractivity contribution in [1.29, 1.82) is 0 Å². The molecular formula is C26H25N2O2+. The first-order valence-corrected chi connectivity index (χ1v) is 9.93. The quantitative estimate of drug-likeness (QED) is 0.478. The van der Waals surface area contributed by atoms with E-state index in [4.69, 9.17) is 4.98 Å². The molecule has 0 unspecified atom stereocenters. The van der Waals surface area contributed by atoms with E-state index in [1.165, 1.54) is 0 Å². The fraction of sp³-hybridized carbons (Fsp3) is 0.154. The van der Waals surface area contributed by atoms with Gasteiger partial charge in [0.05, 0.1) is 22.4 Å². The van der Waals surface area contributed by atoms with Crippen LogP contribution in [0.15, 0.2) is 84.9 Å². The molecule has 2 aromatic heterocycles. The third-order valence-corrected chi connectivity index (χ3v) is 5.62. The lowest BCUT2D eigenvalue weighted by molar-refractivity contribution is -0.671. The van der Waals surface area contributed by atoms with Crippen molar-refractivity contribution in [2.45, 2.75) is 19.3 Å². The Kier molecular flexibility index (Phi) is 5.00. The molecule has 4 nitrogen and oxygen atoms in total. The Bertz CT molecular complexity index is 1220. The minimum absolute atomic E-state index is 0.215. The van der Waals surface area contributed by atoms with Crippen LogP contribution in [0.25, 0.3) is 22.5 Å². The largest absolute Gasteiger partial charge is 0.507 e. The fourth-order valence-electron chi connectivity index (χ4n) is 3.93. The smallest absolute Gasteiger partial charge is 0.216 e. The highest BCUT2D eigenvalue weighted by Crippen LogP contribution is 2.33. The predicted octanol–water partition coefficient (Wildman–Crippen LogP) is 4.98. The average molecular weight is 397 g/mol. The van der Waals surface area contributed by atoms with Crippen LogP contribution >= 0.6 is 0 Å². The molecule has 2 N–H and O–H groups in total. The molecule has 0 saturated carbocycles. The summed E-state index contributed by atoms with van der Waals surface area (Å²) < 4.78 is 2.10. The molecule has 0 radical (unpaired) electrons. The number of rotatable bonds is 4. The zero-order valence-electron chi connectivity index (χ0n) is 17.4. The van der Waals surface area contributed by atoms with Gasteiger partial charge in [0.2, 0.25) is 5.69 Å². The average Bonchev–Trinajstić information content (AvgIpc) is 2.75. The van der Waals surface area contributed by atoms with Crippen molar-refractivity contribution in [3.8, 4) is 34.0 Å². The Morgan fingerprint density at radius 3 is 1.97 bits per heavy atom. The number of hydrogen-bond acceptors (Lipinski definition) is 3. The van der Waals surface area contributed by atoms with Gasteiger partial charge in [-0.25, -0.2) is 0 Å². The van der Waals surface area contributed by atoms with Crippen molar-refractivity contribution >= 4 is 0 Å². The highest BCUT2D eigenvalue weighted by Gasteiger charge is 2.34. The Balaban J connectivity index is 1.82. The molecule has 30 heavy (non-hydrogen) atoms. The van der Waals surface area contributed by atoms with Crippen LogP contribution in [0.4, 0.5) is 0 Å². The Morgan fingerprint density at radius 2 is 1.30 bits per heavy atom. The van der Waals surface area contributed by atoms with Crippen LogP contribution in [-0.2, 0) is 12.5 Å². The molecule has 0 atom stereocenters. The minimum Gasteiger partial charge on any atom is -0.507 e. The molecule has 0 saturated heterocycles. The summed E-state index contributed by atoms with van der Waals surface area (Å²) in [5, 5.41) is 20.6. The van der Waals surface area contributed by atoms with Gasteiger partial charge in [-0.1, -0.05) is 30.3 Å². The number of nitrogens with zero attached hydrogens (tertiary/aromatic N) is 2. The predicted molar refractivity (Wildman–Crippen MR) is 118 cm³/mol. The topological polar surface area (TPSA) is 57.2 Å². The molecule has 0 fully saturated rings. The number of para-hydroxylation sites is 2. The lowest BCUT2D eigenvalue weighted by Gasteiger charge is -2.23. The maximum absolute atomic E-state index is 10.3. The third-order valence-electron chi connectivity index (χ3n) is 5.62. The van der Waals surface area contributed by atoms with Gasteiger partial charge in [0, 0.05) is 17.7 Å².